The van der Waals surface area contributed by atoms with Crippen LogP contribution in [-0.2, 0) is 16.2 Å². The average Bonchev–Trinajstić information content (AvgIpc) is 2.94. The van der Waals surface area contributed by atoms with E-state index in [0.717, 1.165) is 40.5 Å². The molecule has 0 bridgehead atoms. The number of aryl methyl sites for hydroxylation is 1. The summed E-state index contributed by atoms with van der Waals surface area (Å²) >= 11 is 0. The predicted molar refractivity (Wildman–Crippen MR) is 96.3 cm³/mol. The smallest absolute Gasteiger partial charge is 0.207 e. The highest BCUT2D eigenvalue weighted by atomic mass is 32.2. The molecule has 0 aliphatic heterocycles. The van der Waals surface area contributed by atoms with Gasteiger partial charge in [0.2, 0.25) is 0 Å². The van der Waals surface area contributed by atoms with Crippen LogP contribution in [-0.4, -0.2) is 17.6 Å². The van der Waals surface area contributed by atoms with E-state index in [2.05, 4.69) is 15.3 Å². The van der Waals surface area contributed by atoms with Crippen LogP contribution >= 0.6 is 0 Å². The number of halogens is 4. The van der Waals surface area contributed by atoms with Crippen molar-refractivity contribution >= 4 is 21.4 Å². The van der Waals surface area contributed by atoms with Gasteiger partial charge in [-0.1, -0.05) is 6.07 Å². The van der Waals surface area contributed by atoms with E-state index >= 15 is 0 Å². The Labute approximate surface area is 163 Å². The average molecular weight is 426 g/mol. The second-order valence-corrected chi connectivity index (χ2v) is 7.84. The van der Waals surface area contributed by atoms with Crippen molar-refractivity contribution in [1.82, 2.24) is 9.19 Å². The first kappa shape index (κ1) is 20.6. The zero-order chi connectivity index (χ0) is 21.4. The zero-order valence-electron chi connectivity index (χ0n) is 15.1. The van der Waals surface area contributed by atoms with Crippen LogP contribution in [0, 0.1) is 19.7 Å². The SMILES string of the molecule is Cc1nn(S(=O)(=O)c2ccc(F)cc2)c(C)c1N=Nc1cccc(C(F)(F)F)c1. The molecule has 2 aromatic carbocycles. The third-order valence-corrected chi connectivity index (χ3v) is 5.67. The van der Waals surface area contributed by atoms with Crippen LogP contribution in [0.15, 0.2) is 63.7 Å². The Bertz CT molecular complexity index is 1180. The Morgan fingerprint density at radius 2 is 1.66 bits per heavy atom. The standard InChI is InChI=1S/C18H14F4N4O2S/c1-11-17(24-23-15-5-3-4-13(10-15)18(20,21)22)12(2)26(25-11)29(27,28)16-8-6-14(19)7-9-16/h3-10H,1-2H3. The molecule has 6 nitrogen and oxygen atoms in total. The molecular formula is C18H14F4N4O2S. The minimum absolute atomic E-state index is 0.0484. The van der Waals surface area contributed by atoms with E-state index in [-0.39, 0.29) is 27.7 Å². The number of hydrogen-bond donors (Lipinski definition) is 0. The molecule has 0 saturated heterocycles. The first-order valence-electron chi connectivity index (χ1n) is 8.16. The van der Waals surface area contributed by atoms with Crippen LogP contribution in [0.3, 0.4) is 0 Å². The topological polar surface area (TPSA) is 76.7 Å². The maximum absolute atomic E-state index is 13.1. The van der Waals surface area contributed by atoms with Crippen LogP contribution < -0.4 is 0 Å². The molecule has 3 aromatic rings. The van der Waals surface area contributed by atoms with Crippen molar-refractivity contribution in [1.29, 1.82) is 0 Å². The second kappa shape index (κ2) is 7.39. The van der Waals surface area contributed by atoms with Gasteiger partial charge in [-0.2, -0.15) is 35.9 Å². The van der Waals surface area contributed by atoms with E-state index in [9.17, 15) is 26.0 Å². The monoisotopic (exact) mass is 426 g/mol. The lowest BCUT2D eigenvalue weighted by Crippen LogP contribution is -2.16. The Balaban J connectivity index is 1.98. The van der Waals surface area contributed by atoms with Gasteiger partial charge < -0.3 is 0 Å². The van der Waals surface area contributed by atoms with Crippen molar-refractivity contribution in [3.05, 3.63) is 71.3 Å². The normalized spacial score (nSPS) is 12.6. The van der Waals surface area contributed by atoms with Gasteiger partial charge in [0.25, 0.3) is 10.0 Å². The quantitative estimate of drug-likeness (QED) is 0.419. The number of benzene rings is 2. The van der Waals surface area contributed by atoms with Gasteiger partial charge in [-0.05, 0) is 56.3 Å². The lowest BCUT2D eigenvalue weighted by Gasteiger charge is -2.06. The minimum Gasteiger partial charge on any atom is -0.207 e. The molecule has 1 aromatic heterocycles. The maximum atomic E-state index is 13.1. The zero-order valence-corrected chi connectivity index (χ0v) is 16.0. The Morgan fingerprint density at radius 3 is 2.28 bits per heavy atom. The summed E-state index contributed by atoms with van der Waals surface area (Å²) in [4.78, 5) is -0.175. The highest BCUT2D eigenvalue weighted by molar-refractivity contribution is 7.89. The van der Waals surface area contributed by atoms with Crippen molar-refractivity contribution < 1.29 is 26.0 Å². The molecule has 0 aliphatic carbocycles. The highest BCUT2D eigenvalue weighted by Crippen LogP contribution is 2.33. The molecule has 0 radical (unpaired) electrons. The third kappa shape index (κ3) is 4.19. The first-order chi connectivity index (χ1) is 13.5. The molecule has 0 spiro atoms. The summed E-state index contributed by atoms with van der Waals surface area (Å²) in [5, 5.41) is 11.6. The van der Waals surface area contributed by atoms with Crippen LogP contribution in [0.1, 0.15) is 17.0 Å². The van der Waals surface area contributed by atoms with Crippen molar-refractivity contribution in [2.45, 2.75) is 24.9 Å². The van der Waals surface area contributed by atoms with E-state index in [1.54, 1.807) is 0 Å². The molecule has 152 valence electrons. The molecule has 0 atom stereocenters. The van der Waals surface area contributed by atoms with Gasteiger partial charge in [0.15, 0.2) is 0 Å². The van der Waals surface area contributed by atoms with E-state index < -0.39 is 27.6 Å². The summed E-state index contributed by atoms with van der Waals surface area (Å²) in [6.07, 6.45) is -4.52. The Hall–Kier alpha value is -3.08. The Morgan fingerprint density at radius 1 is 1.00 bits per heavy atom. The van der Waals surface area contributed by atoms with Crippen molar-refractivity contribution in [2.24, 2.45) is 10.2 Å². The molecule has 0 aliphatic rings. The molecule has 1 heterocycles. The van der Waals surface area contributed by atoms with Gasteiger partial charge in [0, 0.05) is 0 Å². The molecule has 0 amide bonds. The summed E-state index contributed by atoms with van der Waals surface area (Å²) in [7, 11) is -4.11. The van der Waals surface area contributed by atoms with E-state index in [1.807, 2.05) is 0 Å². The van der Waals surface area contributed by atoms with Gasteiger partial charge in [-0.3, -0.25) is 0 Å². The molecule has 0 fully saturated rings. The number of rotatable bonds is 4. The maximum Gasteiger partial charge on any atom is 0.416 e. The summed E-state index contributed by atoms with van der Waals surface area (Å²) in [6.45, 7) is 2.92. The fourth-order valence-corrected chi connectivity index (χ4v) is 3.91. The van der Waals surface area contributed by atoms with Gasteiger partial charge in [0.05, 0.1) is 27.5 Å². The summed E-state index contributed by atoms with van der Waals surface area (Å²) < 4.78 is 77.7. The summed E-state index contributed by atoms with van der Waals surface area (Å²) in [5.74, 6) is -0.590. The molecule has 3 rings (SSSR count). The van der Waals surface area contributed by atoms with E-state index in [1.165, 1.54) is 26.0 Å². The summed E-state index contributed by atoms with van der Waals surface area (Å²) in [6, 6.07) is 8.48. The van der Waals surface area contributed by atoms with Gasteiger partial charge in [0.1, 0.15) is 11.5 Å². The fraction of sp³-hybridized carbons (Fsp3) is 0.167. The Kier molecular flexibility index (Phi) is 5.26. The summed E-state index contributed by atoms with van der Waals surface area (Å²) in [5.41, 5.74) is -0.496. The molecule has 0 saturated carbocycles. The lowest BCUT2D eigenvalue weighted by molar-refractivity contribution is -0.137. The number of nitrogens with zero attached hydrogens (tertiary/aromatic N) is 4. The number of aromatic nitrogens is 2. The first-order valence-corrected chi connectivity index (χ1v) is 9.60. The molecule has 11 heteroatoms. The molecular weight excluding hydrogens is 412 g/mol. The van der Waals surface area contributed by atoms with Crippen LogP contribution in [0.2, 0.25) is 0 Å². The molecule has 0 unspecified atom stereocenters. The number of alkyl halides is 3. The number of azo groups is 1. The number of hydrogen-bond acceptors (Lipinski definition) is 5. The van der Waals surface area contributed by atoms with E-state index in [0.29, 0.717) is 0 Å². The lowest BCUT2D eigenvalue weighted by atomic mass is 10.2. The van der Waals surface area contributed by atoms with Crippen molar-refractivity contribution in [3.8, 4) is 0 Å². The van der Waals surface area contributed by atoms with Gasteiger partial charge >= 0.3 is 6.18 Å². The van der Waals surface area contributed by atoms with E-state index in [4.69, 9.17) is 0 Å². The fourth-order valence-electron chi connectivity index (χ4n) is 2.55. The van der Waals surface area contributed by atoms with Crippen molar-refractivity contribution in [2.75, 3.05) is 0 Å². The largest absolute Gasteiger partial charge is 0.416 e. The third-order valence-electron chi connectivity index (χ3n) is 3.99. The van der Waals surface area contributed by atoms with Gasteiger partial charge in [-0.15, -0.1) is 5.11 Å². The minimum atomic E-state index is -4.52. The van der Waals surface area contributed by atoms with Gasteiger partial charge in [-0.25, -0.2) is 4.39 Å². The molecule has 0 N–H and O–H groups in total. The van der Waals surface area contributed by atoms with Crippen LogP contribution in [0.5, 0.6) is 0 Å². The van der Waals surface area contributed by atoms with Crippen molar-refractivity contribution in [3.63, 3.8) is 0 Å². The van der Waals surface area contributed by atoms with Crippen LogP contribution in [0.4, 0.5) is 28.9 Å². The molecule has 29 heavy (non-hydrogen) atoms. The predicted octanol–water partition coefficient (Wildman–Crippen LogP) is 5.31. The van der Waals surface area contributed by atoms with Crippen LogP contribution in [0.25, 0.3) is 0 Å². The second-order valence-electron chi connectivity index (χ2n) is 6.07. The highest BCUT2D eigenvalue weighted by Gasteiger charge is 2.30.